The summed E-state index contributed by atoms with van der Waals surface area (Å²) >= 11 is 17.8. The van der Waals surface area contributed by atoms with Crippen LogP contribution in [0.15, 0.2) is 41.3 Å². The molecular formula is C25H32Cl3N3O5S. The molecule has 0 saturated heterocycles. The molecular weight excluding hydrogens is 561 g/mol. The molecule has 37 heavy (non-hydrogen) atoms. The van der Waals surface area contributed by atoms with Gasteiger partial charge in [-0.15, -0.1) is 0 Å². The Kier molecular flexibility index (Phi) is 12.1. The Labute approximate surface area is 233 Å². The predicted molar refractivity (Wildman–Crippen MR) is 147 cm³/mol. The van der Waals surface area contributed by atoms with Gasteiger partial charge < -0.3 is 10.5 Å². The van der Waals surface area contributed by atoms with E-state index in [1.54, 1.807) is 25.1 Å². The number of halogens is 3. The number of imide groups is 1. The Morgan fingerprint density at radius 1 is 1.05 bits per heavy atom. The molecule has 204 valence electrons. The van der Waals surface area contributed by atoms with E-state index in [0.717, 1.165) is 10.5 Å². The molecule has 12 heteroatoms. The highest BCUT2D eigenvalue weighted by molar-refractivity contribution is 7.89. The van der Waals surface area contributed by atoms with Crippen LogP contribution in [-0.4, -0.2) is 50.9 Å². The second kappa shape index (κ2) is 14.3. The fourth-order valence-corrected chi connectivity index (χ4v) is 5.60. The fourth-order valence-electron chi connectivity index (χ4n) is 3.53. The van der Waals surface area contributed by atoms with Gasteiger partial charge in [-0.05, 0) is 74.1 Å². The van der Waals surface area contributed by atoms with Crippen molar-refractivity contribution in [2.24, 2.45) is 11.7 Å². The summed E-state index contributed by atoms with van der Waals surface area (Å²) in [5.74, 6) is -0.388. The number of ether oxygens (including phenoxy) is 1. The molecule has 0 radical (unpaired) electrons. The van der Waals surface area contributed by atoms with Gasteiger partial charge in [-0.2, -0.15) is 0 Å². The van der Waals surface area contributed by atoms with E-state index in [0.29, 0.717) is 35.1 Å². The number of nitrogens with zero attached hydrogens (tertiary/aromatic N) is 1. The Balaban J connectivity index is 1.99. The molecule has 2 amide bonds. The molecule has 0 spiro atoms. The van der Waals surface area contributed by atoms with E-state index >= 15 is 0 Å². The highest BCUT2D eigenvalue weighted by Gasteiger charge is 2.27. The summed E-state index contributed by atoms with van der Waals surface area (Å²) in [6.45, 7) is 5.46. The molecule has 0 bridgehead atoms. The summed E-state index contributed by atoms with van der Waals surface area (Å²) in [5, 5.41) is 0.878. The number of carbonyl (C=O) groups excluding carboxylic acids is 2. The molecule has 0 aliphatic rings. The number of nitrogens with two attached hydrogens (primary N) is 1. The van der Waals surface area contributed by atoms with Crippen LogP contribution < -0.4 is 15.2 Å². The Bertz CT molecular complexity index is 1210. The van der Waals surface area contributed by atoms with Crippen LogP contribution in [0.5, 0.6) is 5.75 Å². The fraction of sp³-hybridized carbons (Fsp3) is 0.440. The predicted octanol–water partition coefficient (Wildman–Crippen LogP) is 4.82. The van der Waals surface area contributed by atoms with Crippen LogP contribution in [0.2, 0.25) is 15.1 Å². The SMILES string of the molecule is Cc1cc(Cl)ccc1OCC(=O)N(CCCCNS(=O)(=O)c1ccc(Cl)cc1Cl)C(=O)[C@@H](N)CC(C)C. The van der Waals surface area contributed by atoms with Crippen molar-refractivity contribution >= 4 is 56.6 Å². The molecule has 0 aliphatic carbocycles. The Morgan fingerprint density at radius 2 is 1.70 bits per heavy atom. The number of hydrogen-bond donors (Lipinski definition) is 2. The maximum absolute atomic E-state index is 13.0. The average molecular weight is 593 g/mol. The molecule has 2 rings (SSSR count). The monoisotopic (exact) mass is 591 g/mol. The molecule has 0 unspecified atom stereocenters. The van der Waals surface area contributed by atoms with Gasteiger partial charge >= 0.3 is 0 Å². The standard InChI is InChI=1S/C25H32Cl3N3O5S/c1-16(2)12-21(29)25(33)31(24(32)15-36-22-8-6-18(26)13-17(22)3)11-5-4-10-30-37(34,35)23-9-7-19(27)14-20(23)28/h6-9,13-14,16,21,30H,4-5,10-12,15,29H2,1-3H3/t21-/m0/s1. The second-order valence-corrected chi connectivity index (χ2v) is 12.0. The normalized spacial score (nSPS) is 12.4. The first-order chi connectivity index (χ1) is 17.3. The number of hydrogen-bond acceptors (Lipinski definition) is 6. The van der Waals surface area contributed by atoms with Crippen molar-refractivity contribution in [2.45, 2.75) is 51.0 Å². The molecule has 2 aromatic rings. The zero-order valence-corrected chi connectivity index (χ0v) is 24.1. The molecule has 0 fully saturated rings. The number of benzene rings is 2. The zero-order chi connectivity index (χ0) is 27.8. The molecule has 1 atom stereocenters. The molecule has 0 aromatic heterocycles. The molecule has 0 aliphatic heterocycles. The summed E-state index contributed by atoms with van der Waals surface area (Å²) in [6, 6.07) is 8.28. The Hall–Kier alpha value is -1.88. The van der Waals surface area contributed by atoms with Crippen LogP contribution in [0.1, 0.15) is 38.7 Å². The van der Waals surface area contributed by atoms with Crippen LogP contribution in [0.4, 0.5) is 0 Å². The summed E-state index contributed by atoms with van der Waals surface area (Å²) in [6.07, 6.45) is 1.13. The van der Waals surface area contributed by atoms with Crippen LogP contribution >= 0.6 is 34.8 Å². The van der Waals surface area contributed by atoms with Gasteiger partial charge in [0.15, 0.2) is 6.61 Å². The van der Waals surface area contributed by atoms with Gasteiger partial charge in [-0.1, -0.05) is 48.7 Å². The van der Waals surface area contributed by atoms with Crippen molar-refractivity contribution < 1.29 is 22.7 Å². The largest absolute Gasteiger partial charge is 0.483 e. The molecule has 0 heterocycles. The van der Waals surface area contributed by atoms with Crippen molar-refractivity contribution in [1.82, 2.24) is 9.62 Å². The highest BCUT2D eigenvalue weighted by Crippen LogP contribution is 2.25. The van der Waals surface area contributed by atoms with Gasteiger partial charge in [0.1, 0.15) is 10.6 Å². The van der Waals surface area contributed by atoms with E-state index in [2.05, 4.69) is 4.72 Å². The number of rotatable bonds is 13. The van der Waals surface area contributed by atoms with Gasteiger partial charge in [0, 0.05) is 23.1 Å². The molecule has 0 saturated carbocycles. The lowest BCUT2D eigenvalue weighted by Gasteiger charge is -2.25. The third kappa shape index (κ3) is 9.74. The van der Waals surface area contributed by atoms with Gasteiger partial charge in [-0.3, -0.25) is 14.5 Å². The molecule has 2 aromatic carbocycles. The van der Waals surface area contributed by atoms with Crippen LogP contribution in [0.3, 0.4) is 0 Å². The highest BCUT2D eigenvalue weighted by atomic mass is 35.5. The lowest BCUT2D eigenvalue weighted by Crippen LogP contribution is -2.49. The van der Waals surface area contributed by atoms with Crippen molar-refractivity contribution in [2.75, 3.05) is 19.7 Å². The minimum Gasteiger partial charge on any atom is -0.483 e. The third-order valence-corrected chi connectivity index (χ3v) is 7.80. The first kappa shape index (κ1) is 31.3. The van der Waals surface area contributed by atoms with Crippen molar-refractivity contribution in [3.63, 3.8) is 0 Å². The minimum atomic E-state index is -3.85. The first-order valence-electron chi connectivity index (χ1n) is 11.7. The number of carbonyl (C=O) groups is 2. The van der Waals surface area contributed by atoms with Crippen LogP contribution in [-0.2, 0) is 19.6 Å². The van der Waals surface area contributed by atoms with E-state index in [4.69, 9.17) is 45.3 Å². The number of sulfonamides is 1. The lowest BCUT2D eigenvalue weighted by molar-refractivity contribution is -0.147. The minimum absolute atomic E-state index is 0.0115. The van der Waals surface area contributed by atoms with Gasteiger partial charge in [0.25, 0.3) is 5.91 Å². The number of aryl methyl sites for hydroxylation is 1. The number of unbranched alkanes of at least 4 members (excludes halogenated alkanes) is 1. The van der Waals surface area contributed by atoms with E-state index < -0.39 is 27.9 Å². The Morgan fingerprint density at radius 3 is 2.32 bits per heavy atom. The quantitative estimate of drug-likeness (QED) is 0.322. The first-order valence-corrected chi connectivity index (χ1v) is 14.4. The van der Waals surface area contributed by atoms with Gasteiger partial charge in [0.05, 0.1) is 11.1 Å². The lowest BCUT2D eigenvalue weighted by atomic mass is 10.0. The van der Waals surface area contributed by atoms with Crippen LogP contribution in [0.25, 0.3) is 0 Å². The smallest absolute Gasteiger partial charge is 0.267 e. The zero-order valence-electron chi connectivity index (χ0n) is 21.0. The third-order valence-electron chi connectivity index (χ3n) is 5.38. The summed E-state index contributed by atoms with van der Waals surface area (Å²) in [7, 11) is -3.85. The van der Waals surface area contributed by atoms with E-state index in [1.165, 1.54) is 18.2 Å². The van der Waals surface area contributed by atoms with Crippen molar-refractivity contribution in [3.8, 4) is 5.75 Å². The van der Waals surface area contributed by atoms with Crippen LogP contribution in [0, 0.1) is 12.8 Å². The average Bonchev–Trinajstić information content (AvgIpc) is 2.79. The summed E-state index contributed by atoms with van der Waals surface area (Å²) in [4.78, 5) is 26.9. The van der Waals surface area contributed by atoms with E-state index in [-0.39, 0.29) is 35.5 Å². The van der Waals surface area contributed by atoms with Gasteiger partial charge in [0.2, 0.25) is 15.9 Å². The van der Waals surface area contributed by atoms with Gasteiger partial charge in [-0.25, -0.2) is 13.1 Å². The van der Waals surface area contributed by atoms with E-state index in [1.807, 2.05) is 13.8 Å². The molecule has 8 nitrogen and oxygen atoms in total. The maximum atomic E-state index is 13.0. The number of nitrogens with one attached hydrogen (secondary N) is 1. The van der Waals surface area contributed by atoms with Crippen molar-refractivity contribution in [1.29, 1.82) is 0 Å². The van der Waals surface area contributed by atoms with Crippen molar-refractivity contribution in [3.05, 3.63) is 57.0 Å². The topological polar surface area (TPSA) is 119 Å². The summed E-state index contributed by atoms with van der Waals surface area (Å²) < 4.78 is 33.2. The molecule has 3 N–H and O–H groups in total. The number of amides is 2. The van der Waals surface area contributed by atoms with E-state index in [9.17, 15) is 18.0 Å². The maximum Gasteiger partial charge on any atom is 0.267 e. The second-order valence-electron chi connectivity index (χ2n) is 9.00. The summed E-state index contributed by atoms with van der Waals surface area (Å²) in [5.41, 5.74) is 6.82.